The Balaban J connectivity index is 1.94. The zero-order valence-electron chi connectivity index (χ0n) is 10.6. The SMILES string of the molecule is N#Cc1ccc(/C=C/C(=O)N2CCC(O)CC2)cc1. The molecule has 4 nitrogen and oxygen atoms in total. The molecule has 0 bridgehead atoms. The first-order valence-electron chi connectivity index (χ1n) is 6.34. The minimum atomic E-state index is -0.272. The van der Waals surface area contributed by atoms with Gasteiger partial charge >= 0.3 is 0 Å². The number of aliphatic hydroxyl groups excluding tert-OH is 1. The second-order valence-electron chi connectivity index (χ2n) is 4.62. The van der Waals surface area contributed by atoms with Crippen LogP contribution in [0.3, 0.4) is 0 Å². The quantitative estimate of drug-likeness (QED) is 0.817. The Hall–Kier alpha value is -2.12. The van der Waals surface area contributed by atoms with Gasteiger partial charge in [-0.1, -0.05) is 12.1 Å². The third-order valence-electron chi connectivity index (χ3n) is 3.23. The third-order valence-corrected chi connectivity index (χ3v) is 3.23. The topological polar surface area (TPSA) is 64.3 Å². The van der Waals surface area contributed by atoms with Gasteiger partial charge in [0.1, 0.15) is 0 Å². The fourth-order valence-corrected chi connectivity index (χ4v) is 2.03. The fourth-order valence-electron chi connectivity index (χ4n) is 2.03. The lowest BCUT2D eigenvalue weighted by molar-refractivity contribution is -0.127. The van der Waals surface area contributed by atoms with Crippen molar-refractivity contribution in [3.8, 4) is 6.07 Å². The van der Waals surface area contributed by atoms with Crippen LogP contribution in [0.25, 0.3) is 6.08 Å². The van der Waals surface area contributed by atoms with Gasteiger partial charge < -0.3 is 10.0 Å². The number of nitriles is 1. The fraction of sp³-hybridized carbons (Fsp3) is 0.333. The normalized spacial score (nSPS) is 16.5. The lowest BCUT2D eigenvalue weighted by Gasteiger charge is -2.28. The second kappa shape index (κ2) is 6.17. The lowest BCUT2D eigenvalue weighted by Crippen LogP contribution is -2.39. The van der Waals surface area contributed by atoms with Crippen LogP contribution in [-0.4, -0.2) is 35.1 Å². The van der Waals surface area contributed by atoms with E-state index in [-0.39, 0.29) is 12.0 Å². The Morgan fingerprint density at radius 1 is 1.32 bits per heavy atom. The van der Waals surface area contributed by atoms with E-state index in [9.17, 15) is 9.90 Å². The van der Waals surface area contributed by atoms with Crippen LogP contribution in [0.2, 0.25) is 0 Å². The predicted octanol–water partition coefficient (Wildman–Crippen LogP) is 1.55. The number of rotatable bonds is 2. The molecule has 1 aromatic carbocycles. The first-order valence-corrected chi connectivity index (χ1v) is 6.34. The predicted molar refractivity (Wildman–Crippen MR) is 72.0 cm³/mol. The highest BCUT2D eigenvalue weighted by Gasteiger charge is 2.19. The van der Waals surface area contributed by atoms with E-state index in [0.717, 1.165) is 5.56 Å². The van der Waals surface area contributed by atoms with Gasteiger partial charge in [0.2, 0.25) is 5.91 Å². The van der Waals surface area contributed by atoms with Gasteiger partial charge in [0.05, 0.1) is 17.7 Å². The van der Waals surface area contributed by atoms with Gasteiger partial charge in [-0.25, -0.2) is 0 Å². The zero-order valence-corrected chi connectivity index (χ0v) is 10.6. The summed E-state index contributed by atoms with van der Waals surface area (Å²) in [7, 11) is 0. The van der Waals surface area contributed by atoms with Crippen LogP contribution in [0, 0.1) is 11.3 Å². The summed E-state index contributed by atoms with van der Waals surface area (Å²) in [5, 5.41) is 18.1. The summed E-state index contributed by atoms with van der Waals surface area (Å²) in [4.78, 5) is 13.6. The molecule has 1 aliphatic heterocycles. The Morgan fingerprint density at radius 3 is 2.53 bits per heavy atom. The van der Waals surface area contributed by atoms with E-state index in [0.29, 0.717) is 31.5 Å². The summed E-state index contributed by atoms with van der Waals surface area (Å²) in [6.45, 7) is 1.22. The van der Waals surface area contributed by atoms with Crippen LogP contribution in [-0.2, 0) is 4.79 Å². The maximum Gasteiger partial charge on any atom is 0.246 e. The van der Waals surface area contributed by atoms with E-state index in [4.69, 9.17) is 5.26 Å². The Morgan fingerprint density at radius 2 is 1.95 bits per heavy atom. The summed E-state index contributed by atoms with van der Waals surface area (Å²) in [5.74, 6) is -0.0312. The largest absolute Gasteiger partial charge is 0.393 e. The minimum Gasteiger partial charge on any atom is -0.393 e. The average Bonchev–Trinajstić information content (AvgIpc) is 2.46. The Labute approximate surface area is 112 Å². The molecule has 0 unspecified atom stereocenters. The van der Waals surface area contributed by atoms with Crippen molar-refractivity contribution in [2.24, 2.45) is 0 Å². The highest BCUT2D eigenvalue weighted by molar-refractivity contribution is 5.91. The number of amides is 1. The van der Waals surface area contributed by atoms with E-state index in [1.54, 1.807) is 29.2 Å². The molecule has 1 saturated heterocycles. The molecule has 19 heavy (non-hydrogen) atoms. The van der Waals surface area contributed by atoms with E-state index in [1.807, 2.05) is 12.1 Å². The number of benzene rings is 1. The smallest absolute Gasteiger partial charge is 0.246 e. The third kappa shape index (κ3) is 3.67. The molecule has 0 aliphatic carbocycles. The van der Waals surface area contributed by atoms with Gasteiger partial charge in [0.15, 0.2) is 0 Å². The van der Waals surface area contributed by atoms with Crippen LogP contribution in [0.5, 0.6) is 0 Å². The molecule has 0 spiro atoms. The van der Waals surface area contributed by atoms with Gasteiger partial charge in [0, 0.05) is 19.2 Å². The number of likely N-dealkylation sites (tertiary alicyclic amines) is 1. The molecule has 0 radical (unpaired) electrons. The number of nitrogens with zero attached hydrogens (tertiary/aromatic N) is 2. The molecule has 2 rings (SSSR count). The summed E-state index contributed by atoms with van der Waals surface area (Å²) >= 11 is 0. The standard InChI is InChI=1S/C15H16N2O2/c16-11-13-3-1-12(2-4-13)5-6-15(19)17-9-7-14(18)8-10-17/h1-6,14,18H,7-10H2/b6-5+. The Kier molecular flexibility index (Phi) is 4.32. The molecule has 1 N–H and O–H groups in total. The molecule has 0 aromatic heterocycles. The molecule has 4 heteroatoms. The molecule has 1 fully saturated rings. The minimum absolute atomic E-state index is 0.0312. The van der Waals surface area contributed by atoms with Crippen LogP contribution in [0.4, 0.5) is 0 Å². The maximum atomic E-state index is 11.9. The summed E-state index contributed by atoms with van der Waals surface area (Å²) in [5.41, 5.74) is 1.50. The average molecular weight is 256 g/mol. The van der Waals surface area contributed by atoms with Crippen molar-refractivity contribution < 1.29 is 9.90 Å². The number of carbonyl (C=O) groups is 1. The summed E-state index contributed by atoms with van der Waals surface area (Å²) in [6, 6.07) is 9.11. The zero-order chi connectivity index (χ0) is 13.7. The van der Waals surface area contributed by atoms with E-state index >= 15 is 0 Å². The van der Waals surface area contributed by atoms with Crippen molar-refractivity contribution in [2.45, 2.75) is 18.9 Å². The first-order chi connectivity index (χ1) is 9.19. The van der Waals surface area contributed by atoms with Gasteiger partial charge in [-0.3, -0.25) is 4.79 Å². The number of piperidine rings is 1. The van der Waals surface area contributed by atoms with Crippen LogP contribution >= 0.6 is 0 Å². The first kappa shape index (κ1) is 13.3. The summed E-state index contributed by atoms with van der Waals surface area (Å²) in [6.07, 6.45) is 4.31. The number of aliphatic hydroxyl groups is 1. The molecular formula is C15H16N2O2. The molecular weight excluding hydrogens is 240 g/mol. The highest BCUT2D eigenvalue weighted by Crippen LogP contribution is 2.11. The second-order valence-corrected chi connectivity index (χ2v) is 4.62. The molecule has 1 aromatic rings. The van der Waals surface area contributed by atoms with E-state index in [2.05, 4.69) is 6.07 Å². The van der Waals surface area contributed by atoms with Crippen molar-refractivity contribution in [1.29, 1.82) is 5.26 Å². The maximum absolute atomic E-state index is 11.9. The molecule has 1 aliphatic rings. The van der Waals surface area contributed by atoms with Crippen molar-refractivity contribution in [1.82, 2.24) is 4.90 Å². The van der Waals surface area contributed by atoms with Gasteiger partial charge in [-0.05, 0) is 36.6 Å². The van der Waals surface area contributed by atoms with Crippen molar-refractivity contribution in [3.63, 3.8) is 0 Å². The number of hydrogen-bond acceptors (Lipinski definition) is 3. The van der Waals surface area contributed by atoms with Gasteiger partial charge in [0.25, 0.3) is 0 Å². The highest BCUT2D eigenvalue weighted by atomic mass is 16.3. The van der Waals surface area contributed by atoms with E-state index in [1.165, 1.54) is 0 Å². The van der Waals surface area contributed by atoms with Crippen molar-refractivity contribution in [3.05, 3.63) is 41.5 Å². The van der Waals surface area contributed by atoms with Crippen LogP contribution < -0.4 is 0 Å². The lowest BCUT2D eigenvalue weighted by atomic mass is 10.1. The van der Waals surface area contributed by atoms with E-state index < -0.39 is 0 Å². The van der Waals surface area contributed by atoms with Crippen molar-refractivity contribution in [2.75, 3.05) is 13.1 Å². The summed E-state index contributed by atoms with van der Waals surface area (Å²) < 4.78 is 0. The van der Waals surface area contributed by atoms with Crippen LogP contribution in [0.15, 0.2) is 30.3 Å². The Bertz CT molecular complexity index is 506. The molecule has 0 saturated carbocycles. The van der Waals surface area contributed by atoms with Gasteiger partial charge in [-0.2, -0.15) is 5.26 Å². The number of hydrogen-bond donors (Lipinski definition) is 1. The molecule has 98 valence electrons. The van der Waals surface area contributed by atoms with Crippen LogP contribution in [0.1, 0.15) is 24.0 Å². The van der Waals surface area contributed by atoms with Gasteiger partial charge in [-0.15, -0.1) is 0 Å². The molecule has 1 amide bonds. The number of carbonyl (C=O) groups excluding carboxylic acids is 1. The molecule has 1 heterocycles. The molecule has 0 atom stereocenters. The van der Waals surface area contributed by atoms with Crippen molar-refractivity contribution >= 4 is 12.0 Å². The monoisotopic (exact) mass is 256 g/mol.